The maximum absolute atomic E-state index is 11.9. The van der Waals surface area contributed by atoms with Crippen molar-refractivity contribution >= 4 is 49.9 Å². The van der Waals surface area contributed by atoms with Crippen LogP contribution in [0.1, 0.15) is 18.4 Å². The maximum Gasteiger partial charge on any atom is 0.412 e. The predicted octanol–water partition coefficient (Wildman–Crippen LogP) is 1.90. The number of ether oxygens (including phenoxy) is 1. The van der Waals surface area contributed by atoms with Gasteiger partial charge >= 0.3 is 12.1 Å². The Morgan fingerprint density at radius 3 is 2.40 bits per heavy atom. The number of amides is 1. The van der Waals surface area contributed by atoms with Gasteiger partial charge in [0.25, 0.3) is 0 Å². The van der Waals surface area contributed by atoms with Gasteiger partial charge in [-0.1, -0.05) is 0 Å². The third-order valence-corrected chi connectivity index (χ3v) is 4.39. The number of hydrogen-bond acceptors (Lipinski definition) is 5. The molecule has 0 saturated heterocycles. The molecule has 9 nitrogen and oxygen atoms in total. The van der Waals surface area contributed by atoms with Gasteiger partial charge in [0.15, 0.2) is 11.7 Å². The van der Waals surface area contributed by atoms with Gasteiger partial charge in [-0.05, 0) is 50.8 Å². The molecule has 0 bridgehead atoms. The highest BCUT2D eigenvalue weighted by Gasteiger charge is 2.20. The van der Waals surface area contributed by atoms with Crippen LogP contribution in [-0.2, 0) is 11.2 Å². The zero-order valence-corrected chi connectivity index (χ0v) is 16.2. The lowest BCUT2D eigenvalue weighted by Crippen LogP contribution is -2.32. The number of nitrogens with two attached hydrogens (primary N) is 1. The number of halogens is 2. The molecule has 0 aliphatic carbocycles. The number of phenols is 1. The number of carbonyl (C=O) groups excluding carboxylic acids is 1. The van der Waals surface area contributed by atoms with Crippen LogP contribution >= 0.6 is 31.9 Å². The summed E-state index contributed by atoms with van der Waals surface area (Å²) in [7, 11) is 0. The molecule has 0 spiro atoms. The Morgan fingerprint density at radius 1 is 1.24 bits per heavy atom. The number of guanidine groups is 1. The molecule has 138 valence electrons. The second kappa shape index (κ2) is 10.1. The molecule has 0 aromatic heterocycles. The maximum atomic E-state index is 11.9. The van der Waals surface area contributed by atoms with E-state index in [0.717, 1.165) is 0 Å². The van der Waals surface area contributed by atoms with Crippen molar-refractivity contribution in [3.05, 3.63) is 20.6 Å². The Kier molecular flexibility index (Phi) is 8.49. The number of carbonyl (C=O) groups is 2. The molecule has 0 radical (unpaired) electrons. The summed E-state index contributed by atoms with van der Waals surface area (Å²) in [4.78, 5) is 22.7. The summed E-state index contributed by atoms with van der Waals surface area (Å²) in [6, 6.07) is 1.26. The predicted molar refractivity (Wildman–Crippen MR) is 98.0 cm³/mol. The SMILES string of the molecule is N=C(N)NCCCCNC(=O)Oc1c(Br)cc(O)c(CC(=O)O)c1Br. The highest BCUT2D eigenvalue weighted by atomic mass is 79.9. The first-order chi connectivity index (χ1) is 11.7. The summed E-state index contributed by atoms with van der Waals surface area (Å²) in [6.07, 6.45) is 0.209. The van der Waals surface area contributed by atoms with Gasteiger partial charge in [-0.3, -0.25) is 10.2 Å². The summed E-state index contributed by atoms with van der Waals surface area (Å²) >= 11 is 6.32. The average molecular weight is 482 g/mol. The first-order valence-corrected chi connectivity index (χ1v) is 8.76. The number of carboxylic acid groups (broad SMARTS) is 1. The fourth-order valence-electron chi connectivity index (χ4n) is 1.83. The Bertz CT molecular complexity index is 669. The molecule has 11 heteroatoms. The number of phenolic OH excluding ortho intramolecular Hbond substituents is 1. The van der Waals surface area contributed by atoms with Crippen molar-refractivity contribution in [2.75, 3.05) is 13.1 Å². The number of unbranched alkanes of at least 4 members (excludes halogenated alkanes) is 1. The fourth-order valence-corrected chi connectivity index (χ4v) is 3.23. The Hall–Kier alpha value is -2.01. The smallest absolute Gasteiger partial charge is 0.412 e. The highest BCUT2D eigenvalue weighted by Crippen LogP contribution is 2.41. The van der Waals surface area contributed by atoms with Crippen molar-refractivity contribution in [1.82, 2.24) is 10.6 Å². The molecule has 1 amide bonds. The largest absolute Gasteiger partial charge is 0.508 e. The van der Waals surface area contributed by atoms with Gasteiger partial charge in [0.2, 0.25) is 0 Å². The van der Waals surface area contributed by atoms with Crippen molar-refractivity contribution in [1.29, 1.82) is 5.41 Å². The Morgan fingerprint density at radius 2 is 1.84 bits per heavy atom. The molecule has 1 aromatic carbocycles. The van der Waals surface area contributed by atoms with Gasteiger partial charge in [0, 0.05) is 18.7 Å². The summed E-state index contributed by atoms with van der Waals surface area (Å²) in [5.74, 6) is -1.39. The Balaban J connectivity index is 2.62. The van der Waals surface area contributed by atoms with E-state index in [4.69, 9.17) is 21.0 Å². The van der Waals surface area contributed by atoms with E-state index in [1.54, 1.807) is 0 Å². The molecule has 0 aliphatic heterocycles. The quantitative estimate of drug-likeness (QED) is 0.188. The molecule has 0 fully saturated rings. The van der Waals surface area contributed by atoms with E-state index in [-0.39, 0.29) is 27.5 Å². The van der Waals surface area contributed by atoms with Gasteiger partial charge < -0.3 is 31.3 Å². The summed E-state index contributed by atoms with van der Waals surface area (Å²) < 4.78 is 5.66. The van der Waals surface area contributed by atoms with Crippen LogP contribution in [0.15, 0.2) is 15.0 Å². The third-order valence-electron chi connectivity index (χ3n) is 2.96. The minimum absolute atomic E-state index is 0.0739. The van der Waals surface area contributed by atoms with Gasteiger partial charge in [0.1, 0.15) is 5.75 Å². The van der Waals surface area contributed by atoms with E-state index < -0.39 is 18.5 Å². The number of rotatable bonds is 8. The van der Waals surface area contributed by atoms with E-state index in [1.165, 1.54) is 6.07 Å². The fraction of sp³-hybridized carbons (Fsp3) is 0.357. The lowest BCUT2D eigenvalue weighted by molar-refractivity contribution is -0.136. The van der Waals surface area contributed by atoms with Crippen molar-refractivity contribution in [2.45, 2.75) is 19.3 Å². The zero-order valence-electron chi connectivity index (χ0n) is 13.1. The molecule has 1 aromatic rings. The number of benzene rings is 1. The molecular weight excluding hydrogens is 464 g/mol. The molecule has 1 rings (SSSR count). The lowest BCUT2D eigenvalue weighted by Gasteiger charge is -2.13. The monoisotopic (exact) mass is 480 g/mol. The van der Waals surface area contributed by atoms with Crippen LogP contribution in [0.25, 0.3) is 0 Å². The van der Waals surface area contributed by atoms with Crippen molar-refractivity contribution in [3.8, 4) is 11.5 Å². The van der Waals surface area contributed by atoms with E-state index in [2.05, 4.69) is 42.5 Å². The Labute approximate surface area is 160 Å². The van der Waals surface area contributed by atoms with Gasteiger partial charge in [0.05, 0.1) is 15.4 Å². The molecule has 25 heavy (non-hydrogen) atoms. The first kappa shape index (κ1) is 21.0. The molecule has 0 unspecified atom stereocenters. The van der Waals surface area contributed by atoms with Crippen LogP contribution in [0.4, 0.5) is 4.79 Å². The third kappa shape index (κ3) is 7.18. The van der Waals surface area contributed by atoms with Crippen molar-refractivity contribution in [2.24, 2.45) is 5.73 Å². The van der Waals surface area contributed by atoms with Crippen LogP contribution < -0.4 is 21.1 Å². The van der Waals surface area contributed by atoms with Crippen molar-refractivity contribution < 1.29 is 24.5 Å². The number of carboxylic acids is 1. The van der Waals surface area contributed by atoms with Gasteiger partial charge in [-0.2, -0.15) is 0 Å². The molecule has 0 atom stereocenters. The second-order valence-electron chi connectivity index (χ2n) is 4.93. The molecule has 7 N–H and O–H groups in total. The number of nitrogens with one attached hydrogen (secondary N) is 3. The van der Waals surface area contributed by atoms with Crippen LogP contribution in [0, 0.1) is 5.41 Å². The topological polar surface area (TPSA) is 158 Å². The second-order valence-corrected chi connectivity index (χ2v) is 6.58. The standard InChI is InChI=1S/C14H18Br2N4O5/c15-8-6-9(21)7(5-10(22)23)11(16)12(8)25-14(24)20-4-2-1-3-19-13(17)18/h6,21H,1-5H2,(H,20,24)(H,22,23)(H4,17,18,19). The first-order valence-electron chi connectivity index (χ1n) is 7.17. The molecule has 0 aliphatic rings. The molecule has 0 saturated carbocycles. The number of hydrogen-bond donors (Lipinski definition) is 6. The average Bonchev–Trinajstić information content (AvgIpc) is 2.51. The van der Waals surface area contributed by atoms with E-state index in [9.17, 15) is 14.7 Å². The zero-order chi connectivity index (χ0) is 19.0. The van der Waals surface area contributed by atoms with Gasteiger partial charge in [-0.15, -0.1) is 0 Å². The van der Waals surface area contributed by atoms with Crippen LogP contribution in [0.3, 0.4) is 0 Å². The van der Waals surface area contributed by atoms with E-state index >= 15 is 0 Å². The van der Waals surface area contributed by atoms with E-state index in [1.807, 2.05) is 0 Å². The summed E-state index contributed by atoms with van der Waals surface area (Å²) in [6.45, 7) is 0.882. The van der Waals surface area contributed by atoms with E-state index in [0.29, 0.717) is 30.4 Å². The number of aliphatic carboxylic acids is 1. The number of aromatic hydroxyl groups is 1. The minimum atomic E-state index is -1.13. The lowest BCUT2D eigenvalue weighted by atomic mass is 10.1. The highest BCUT2D eigenvalue weighted by molar-refractivity contribution is 9.11. The minimum Gasteiger partial charge on any atom is -0.508 e. The molecular formula is C14H18Br2N4O5. The molecule has 0 heterocycles. The summed E-state index contributed by atoms with van der Waals surface area (Å²) in [5, 5.41) is 30.9. The van der Waals surface area contributed by atoms with Crippen molar-refractivity contribution in [3.63, 3.8) is 0 Å². The van der Waals surface area contributed by atoms with Crippen LogP contribution in [0.2, 0.25) is 0 Å². The normalized spacial score (nSPS) is 10.2. The summed E-state index contributed by atoms with van der Waals surface area (Å²) in [5.41, 5.74) is 5.25. The van der Waals surface area contributed by atoms with Crippen LogP contribution in [-0.4, -0.2) is 41.3 Å². The van der Waals surface area contributed by atoms with Crippen LogP contribution in [0.5, 0.6) is 11.5 Å². The van der Waals surface area contributed by atoms with Gasteiger partial charge in [-0.25, -0.2) is 4.79 Å².